The van der Waals surface area contributed by atoms with E-state index in [2.05, 4.69) is 15.3 Å². The molecule has 21 heteroatoms. The number of nitrogens with two attached hydrogens (primary N) is 2. The zero-order valence-corrected chi connectivity index (χ0v) is 44.3. The first-order chi connectivity index (χ1) is 34.6. The molecule has 2 aliphatic rings. The predicted octanol–water partition coefficient (Wildman–Crippen LogP) is 10.9. The van der Waals surface area contributed by atoms with Gasteiger partial charge in [0.1, 0.15) is 48.7 Å². The summed E-state index contributed by atoms with van der Waals surface area (Å²) in [4.78, 5) is 19.4. The van der Waals surface area contributed by atoms with Crippen molar-refractivity contribution in [1.82, 2.24) is 9.97 Å². The van der Waals surface area contributed by atoms with Crippen molar-refractivity contribution in [2.75, 3.05) is 83.9 Å². The Bertz CT molecular complexity index is 2970. The van der Waals surface area contributed by atoms with E-state index in [4.69, 9.17) is 49.4 Å². The number of aromatic nitrogens is 2. The normalized spacial score (nSPS) is 14.6. The molecule has 2 aromatic heterocycles. The number of anilines is 3. The molecule has 0 aliphatic carbocycles. The molecule has 2 saturated heterocycles. The van der Waals surface area contributed by atoms with E-state index in [1.54, 1.807) is 56.9 Å². The Morgan fingerprint density at radius 2 is 1.19 bits per heavy atom. The van der Waals surface area contributed by atoms with Crippen LogP contribution in [0.15, 0.2) is 128 Å². The molecule has 0 saturated carbocycles. The van der Waals surface area contributed by atoms with Gasteiger partial charge < -0.3 is 62.1 Å². The number of hydrogen-bond acceptors (Lipinski definition) is 15. The minimum Gasteiger partial charge on any atom is -0.493 e. The molecule has 404 valence electrons. The first kappa shape index (κ1) is 60.9. The number of nitrogens with one attached hydrogen (secondary N) is 1. The number of rotatable bonds is 16. The Morgan fingerprint density at radius 3 is 1.71 bits per heavy atom. The molecule has 16 nitrogen and oxygen atoms in total. The first-order valence-electron chi connectivity index (χ1n) is 22.6. The van der Waals surface area contributed by atoms with Crippen LogP contribution >= 0.6 is 24.8 Å². The molecule has 0 unspecified atom stereocenters. The van der Waals surface area contributed by atoms with E-state index < -0.39 is 16.6 Å². The van der Waals surface area contributed by atoms with Gasteiger partial charge in [-0.05, 0) is 77.4 Å². The van der Waals surface area contributed by atoms with Crippen LogP contribution in [0.25, 0.3) is 44.5 Å². The minimum absolute atomic E-state index is 0. The van der Waals surface area contributed by atoms with Gasteiger partial charge in [-0.15, -0.1) is 24.8 Å². The topological polar surface area (TPSA) is 207 Å². The molecular formula is C54H59Cl2F2N6O10Pd-. The van der Waals surface area contributed by atoms with Crippen LogP contribution in [0, 0.1) is 29.2 Å². The third kappa shape index (κ3) is 15.9. The Hall–Kier alpha value is -6.66. The molecule has 0 radical (unpaired) electrons. The number of methoxy groups -OCH3 is 2. The van der Waals surface area contributed by atoms with Crippen molar-refractivity contribution in [1.29, 1.82) is 0 Å². The number of nitrogens with zero attached hydrogens (tertiary/aromatic N) is 3. The van der Waals surface area contributed by atoms with Crippen LogP contribution in [-0.4, -0.2) is 94.2 Å². The smallest absolute Gasteiger partial charge is 0.272 e. The van der Waals surface area contributed by atoms with E-state index in [1.165, 1.54) is 18.2 Å². The number of ether oxygens (including phenoxy) is 8. The maximum atomic E-state index is 15.2. The summed E-state index contributed by atoms with van der Waals surface area (Å²) < 4.78 is 74.5. The molecule has 5 N–H and O–H groups in total. The fourth-order valence-electron chi connectivity index (χ4n) is 7.75. The number of nitrogen functional groups attached to an aromatic ring is 2. The van der Waals surface area contributed by atoms with E-state index in [0.717, 1.165) is 28.3 Å². The van der Waals surface area contributed by atoms with Gasteiger partial charge in [-0.2, -0.15) is 0 Å². The van der Waals surface area contributed by atoms with Gasteiger partial charge in [-0.1, -0.05) is 42.5 Å². The van der Waals surface area contributed by atoms with Crippen LogP contribution in [0.4, 0.5) is 31.8 Å². The molecule has 2 aliphatic heterocycles. The summed E-state index contributed by atoms with van der Waals surface area (Å²) in [6, 6.07) is 32.4. The van der Waals surface area contributed by atoms with Crippen molar-refractivity contribution >= 4 is 47.8 Å². The fourth-order valence-corrected chi connectivity index (χ4v) is 7.75. The van der Waals surface area contributed by atoms with Gasteiger partial charge in [0.25, 0.3) is 5.69 Å². The maximum absolute atomic E-state index is 15.2. The van der Waals surface area contributed by atoms with Crippen molar-refractivity contribution in [3.05, 3.63) is 162 Å². The summed E-state index contributed by atoms with van der Waals surface area (Å²) in [6.07, 6.45) is 3.05. The molecule has 5 aromatic carbocycles. The van der Waals surface area contributed by atoms with Crippen LogP contribution in [0.2, 0.25) is 0 Å². The average molecular weight is 1170 g/mol. The van der Waals surface area contributed by atoms with E-state index in [0.29, 0.717) is 116 Å². The van der Waals surface area contributed by atoms with Crippen LogP contribution in [0.5, 0.6) is 23.0 Å². The molecular weight excluding hydrogens is 1110 g/mol. The van der Waals surface area contributed by atoms with Crippen LogP contribution in [0.1, 0.15) is 6.99 Å². The SMILES string of the molecule is COc1cc(-c2cnc(N)c(-c3ccc(N)cc3F)c2)ccc1OC[C@H]1COCCO1.COc1cc(-c2cnc(NCc3ccccc3)c(-c3ccc([N+](=O)[O-])cc3F)c2)ccc1OC[C@H]1COCCO1.Cl.Cl.[CH3-].[HH].[Pd]. The second-order valence-electron chi connectivity index (χ2n) is 16.3. The molecule has 0 amide bonds. The average Bonchev–Trinajstić information content (AvgIpc) is 3.40. The van der Waals surface area contributed by atoms with Gasteiger partial charge in [0.15, 0.2) is 23.0 Å². The van der Waals surface area contributed by atoms with Gasteiger partial charge >= 0.3 is 0 Å². The first-order valence-corrected chi connectivity index (χ1v) is 22.6. The van der Waals surface area contributed by atoms with E-state index in [1.807, 2.05) is 60.7 Å². The van der Waals surface area contributed by atoms with Crippen molar-refractivity contribution in [3.8, 4) is 67.5 Å². The van der Waals surface area contributed by atoms with Crippen molar-refractivity contribution < 1.29 is 73.4 Å². The fraction of sp³-hybridized carbons (Fsp3) is 0.241. The number of nitro benzene ring substituents is 1. The summed E-state index contributed by atoms with van der Waals surface area (Å²) in [5, 5.41) is 14.4. The van der Waals surface area contributed by atoms with Crippen molar-refractivity contribution in [3.63, 3.8) is 0 Å². The number of non-ortho nitro benzene ring substituents is 1. The molecule has 2 atom stereocenters. The third-order valence-electron chi connectivity index (χ3n) is 11.5. The van der Waals surface area contributed by atoms with Crippen LogP contribution in [0.3, 0.4) is 0 Å². The molecule has 2 fully saturated rings. The number of hydrogen-bond donors (Lipinski definition) is 3. The van der Waals surface area contributed by atoms with Gasteiger partial charge in [0.2, 0.25) is 0 Å². The molecule has 0 spiro atoms. The predicted molar refractivity (Wildman–Crippen MR) is 288 cm³/mol. The van der Waals surface area contributed by atoms with Crippen molar-refractivity contribution in [2.24, 2.45) is 0 Å². The van der Waals surface area contributed by atoms with Gasteiger partial charge in [-0.25, -0.2) is 18.7 Å². The van der Waals surface area contributed by atoms with Crippen LogP contribution < -0.4 is 35.7 Å². The van der Waals surface area contributed by atoms with Crippen LogP contribution in [-0.2, 0) is 45.9 Å². The monoisotopic (exact) mass is 1170 g/mol. The molecule has 4 heterocycles. The Labute approximate surface area is 461 Å². The zero-order valence-electron chi connectivity index (χ0n) is 41.1. The van der Waals surface area contributed by atoms with E-state index in [-0.39, 0.29) is 83.4 Å². The molecule has 0 bridgehead atoms. The quantitative estimate of drug-likeness (QED) is 0.0270. The Kier molecular flexibility index (Phi) is 23.9. The van der Waals surface area contributed by atoms with Gasteiger partial charge in [0, 0.05) is 85.9 Å². The molecule has 7 aromatic rings. The summed E-state index contributed by atoms with van der Waals surface area (Å²) in [5.74, 6) is 1.72. The second kappa shape index (κ2) is 29.4. The number of nitro groups is 1. The summed E-state index contributed by atoms with van der Waals surface area (Å²) in [7, 11) is 3.13. The third-order valence-corrected chi connectivity index (χ3v) is 11.5. The number of benzene rings is 5. The Balaban J connectivity index is 0.000000386. The van der Waals surface area contributed by atoms with E-state index >= 15 is 4.39 Å². The van der Waals surface area contributed by atoms with Gasteiger partial charge in [0.05, 0.1) is 64.9 Å². The Morgan fingerprint density at radius 1 is 0.653 bits per heavy atom. The second-order valence-corrected chi connectivity index (χ2v) is 16.3. The zero-order chi connectivity index (χ0) is 49.7. The maximum Gasteiger partial charge on any atom is 0.272 e. The summed E-state index contributed by atoms with van der Waals surface area (Å²) in [6.45, 7) is 4.39. The minimum atomic E-state index is -0.717. The standard InChI is InChI=1S/C30H28FN3O6.C23H24FN3O4.CH3.2ClH.Pd.H2/c1-37-29-14-21(7-10-28(29)40-19-24-18-38-11-12-39-24)22-13-26(25-9-8-23(34(35)36)15-27(25)31)30(33-17-22)32-16-20-5-3-2-4-6-20;1-28-22-9-14(2-5-21(22)31-13-17-12-29-6-7-30-17)15-8-19(23(26)27-11-15)18-4-3-16(25)10-20(18)24;;;;;/h2-10,13-15,17,24H,11-12,16,18-19H2,1H3,(H,32,33);2-5,8-11,17H,6-7,12-13,25H2,1H3,(H2,26,27);1H3;2*1H;;1H/q;;-1;;;;/t24-;17-;;;;;/m11...../s1. The summed E-state index contributed by atoms with van der Waals surface area (Å²) in [5.41, 5.74) is 17.3. The van der Waals surface area contributed by atoms with Gasteiger partial charge in [-0.3, -0.25) is 10.1 Å². The molecule has 9 rings (SSSR count). The number of pyridine rings is 2. The summed E-state index contributed by atoms with van der Waals surface area (Å²) >= 11 is 0. The largest absolute Gasteiger partial charge is 0.493 e. The molecule has 75 heavy (non-hydrogen) atoms. The van der Waals surface area contributed by atoms with E-state index in [9.17, 15) is 14.5 Å². The number of halogens is 4. The van der Waals surface area contributed by atoms with Crippen molar-refractivity contribution in [2.45, 2.75) is 18.8 Å².